The minimum atomic E-state index is -0.204. The smallest absolute Gasteiger partial charge is 0.251 e. The number of carbonyl (C=O) groups excluding carboxylic acids is 1. The van der Waals surface area contributed by atoms with Gasteiger partial charge in [-0.2, -0.15) is 0 Å². The van der Waals surface area contributed by atoms with Crippen LogP contribution in [0.1, 0.15) is 15.9 Å². The summed E-state index contributed by atoms with van der Waals surface area (Å²) in [6.07, 6.45) is 1.75. The highest BCUT2D eigenvalue weighted by Gasteiger charge is 2.11. The van der Waals surface area contributed by atoms with Crippen molar-refractivity contribution < 1.29 is 4.79 Å². The number of hydrogen-bond donors (Lipinski definition) is 1. The summed E-state index contributed by atoms with van der Waals surface area (Å²) in [6, 6.07) is 12.6. The summed E-state index contributed by atoms with van der Waals surface area (Å²) < 4.78 is 0. The van der Waals surface area contributed by atoms with E-state index >= 15 is 0 Å². The molecule has 3 rings (SSSR count). The van der Waals surface area contributed by atoms with E-state index in [1.54, 1.807) is 35.7 Å². The largest absolute Gasteiger partial charge is 0.348 e. The van der Waals surface area contributed by atoms with Crippen molar-refractivity contribution >= 4 is 40.4 Å². The zero-order chi connectivity index (χ0) is 16.2. The van der Waals surface area contributed by atoms with Crippen LogP contribution in [0.2, 0.25) is 10.0 Å². The summed E-state index contributed by atoms with van der Waals surface area (Å²) in [5, 5.41) is 5.68. The van der Waals surface area contributed by atoms with Gasteiger partial charge >= 0.3 is 0 Å². The summed E-state index contributed by atoms with van der Waals surface area (Å²) in [5.41, 5.74) is 2.32. The van der Waals surface area contributed by atoms with Crippen LogP contribution in [-0.2, 0) is 6.54 Å². The quantitative estimate of drug-likeness (QED) is 0.705. The van der Waals surface area contributed by atoms with Gasteiger partial charge in [0.15, 0.2) is 0 Å². The number of benzene rings is 1. The maximum atomic E-state index is 12.2. The molecule has 2 heterocycles. The number of pyridine rings is 1. The van der Waals surface area contributed by atoms with Crippen molar-refractivity contribution in [3.63, 3.8) is 0 Å². The Balaban J connectivity index is 1.76. The zero-order valence-electron chi connectivity index (χ0n) is 11.9. The van der Waals surface area contributed by atoms with E-state index in [0.717, 1.165) is 16.1 Å². The molecule has 0 saturated carbocycles. The molecule has 2 aromatic heterocycles. The molecule has 0 unspecified atom stereocenters. The second-order valence-electron chi connectivity index (χ2n) is 4.80. The molecule has 0 fully saturated rings. The van der Waals surface area contributed by atoms with Crippen LogP contribution in [0, 0.1) is 0 Å². The van der Waals surface area contributed by atoms with E-state index in [9.17, 15) is 4.79 Å². The minimum Gasteiger partial charge on any atom is -0.348 e. The third-order valence-corrected chi connectivity index (χ3v) is 4.88. The van der Waals surface area contributed by atoms with E-state index in [1.165, 1.54) is 0 Å². The number of amides is 1. The molecule has 0 saturated heterocycles. The molecular weight excluding hydrogens is 351 g/mol. The van der Waals surface area contributed by atoms with E-state index in [4.69, 9.17) is 23.2 Å². The summed E-state index contributed by atoms with van der Waals surface area (Å²) in [4.78, 5) is 17.7. The van der Waals surface area contributed by atoms with Gasteiger partial charge in [-0.1, -0.05) is 35.3 Å². The molecular formula is C17H12Cl2N2OS. The van der Waals surface area contributed by atoms with Crippen LogP contribution in [-0.4, -0.2) is 10.9 Å². The highest BCUT2D eigenvalue weighted by Crippen LogP contribution is 2.26. The molecule has 3 aromatic rings. The van der Waals surface area contributed by atoms with Gasteiger partial charge in [-0.25, -0.2) is 0 Å². The lowest BCUT2D eigenvalue weighted by Gasteiger charge is -2.09. The second kappa shape index (κ2) is 7.13. The molecule has 1 aromatic carbocycles. The molecule has 0 atom stereocenters. The number of thiophene rings is 1. The average Bonchev–Trinajstić information content (AvgIpc) is 3.10. The number of hydrogen-bond acceptors (Lipinski definition) is 3. The lowest BCUT2D eigenvalue weighted by atomic mass is 10.1. The Bertz CT molecular complexity index is 834. The Morgan fingerprint density at radius 2 is 2.00 bits per heavy atom. The zero-order valence-corrected chi connectivity index (χ0v) is 14.3. The van der Waals surface area contributed by atoms with Crippen LogP contribution in [0.4, 0.5) is 0 Å². The Kier molecular flexibility index (Phi) is 4.96. The summed E-state index contributed by atoms with van der Waals surface area (Å²) in [5.74, 6) is -0.204. The predicted molar refractivity (Wildman–Crippen MR) is 95.2 cm³/mol. The third-order valence-electron chi connectivity index (χ3n) is 3.27. The van der Waals surface area contributed by atoms with Crippen molar-refractivity contribution in [3.8, 4) is 10.6 Å². The highest BCUT2D eigenvalue weighted by atomic mass is 35.5. The Labute approximate surface area is 147 Å². The van der Waals surface area contributed by atoms with Crippen molar-refractivity contribution in [1.82, 2.24) is 10.3 Å². The molecule has 116 valence electrons. The number of carbonyl (C=O) groups is 1. The lowest BCUT2D eigenvalue weighted by Crippen LogP contribution is -2.23. The van der Waals surface area contributed by atoms with Gasteiger partial charge in [-0.3, -0.25) is 9.78 Å². The number of rotatable bonds is 4. The van der Waals surface area contributed by atoms with Crippen molar-refractivity contribution in [2.45, 2.75) is 6.54 Å². The first-order valence-electron chi connectivity index (χ1n) is 6.86. The number of nitrogens with one attached hydrogen (secondary N) is 1. The summed E-state index contributed by atoms with van der Waals surface area (Å²) in [7, 11) is 0. The summed E-state index contributed by atoms with van der Waals surface area (Å²) >= 11 is 13.4. The van der Waals surface area contributed by atoms with E-state index in [1.807, 2.05) is 29.6 Å². The monoisotopic (exact) mass is 362 g/mol. The standard InChI is InChI=1S/C17H12Cl2N2OS/c18-13-6-5-11(9-14(13)19)17(22)21-10-12-3-1-7-20-16(12)15-4-2-8-23-15/h1-9H,10H2,(H,21,22). The van der Waals surface area contributed by atoms with Gasteiger partial charge in [0.1, 0.15) is 0 Å². The lowest BCUT2D eigenvalue weighted by molar-refractivity contribution is 0.0951. The van der Waals surface area contributed by atoms with Crippen LogP contribution in [0.5, 0.6) is 0 Å². The molecule has 23 heavy (non-hydrogen) atoms. The fraction of sp³-hybridized carbons (Fsp3) is 0.0588. The molecule has 3 nitrogen and oxygen atoms in total. The van der Waals surface area contributed by atoms with E-state index in [2.05, 4.69) is 10.3 Å². The SMILES string of the molecule is O=C(NCc1cccnc1-c1cccs1)c1ccc(Cl)c(Cl)c1. The molecule has 0 radical (unpaired) electrons. The first-order chi connectivity index (χ1) is 11.1. The van der Waals surface area contributed by atoms with E-state index in [-0.39, 0.29) is 5.91 Å². The van der Waals surface area contributed by atoms with Gasteiger partial charge in [0.25, 0.3) is 5.91 Å². The normalized spacial score (nSPS) is 10.5. The van der Waals surface area contributed by atoms with Crippen LogP contribution in [0.15, 0.2) is 54.0 Å². The van der Waals surface area contributed by atoms with Gasteiger partial charge in [0.2, 0.25) is 0 Å². The van der Waals surface area contributed by atoms with E-state index < -0.39 is 0 Å². The van der Waals surface area contributed by atoms with Crippen LogP contribution >= 0.6 is 34.5 Å². The number of aromatic nitrogens is 1. The molecule has 1 amide bonds. The fourth-order valence-corrected chi connectivity index (χ4v) is 3.19. The fourth-order valence-electron chi connectivity index (χ4n) is 2.13. The molecule has 0 spiro atoms. The van der Waals surface area contributed by atoms with Gasteiger partial charge in [-0.15, -0.1) is 11.3 Å². The second-order valence-corrected chi connectivity index (χ2v) is 6.56. The number of halogens is 2. The Morgan fingerprint density at radius 3 is 2.74 bits per heavy atom. The Hall–Kier alpha value is -1.88. The minimum absolute atomic E-state index is 0.204. The molecule has 0 aliphatic rings. The van der Waals surface area contributed by atoms with Crippen LogP contribution in [0.3, 0.4) is 0 Å². The molecule has 0 bridgehead atoms. The van der Waals surface area contributed by atoms with Gasteiger partial charge < -0.3 is 5.32 Å². The Morgan fingerprint density at radius 1 is 1.13 bits per heavy atom. The van der Waals surface area contributed by atoms with Crippen molar-refractivity contribution in [2.24, 2.45) is 0 Å². The van der Waals surface area contributed by atoms with Gasteiger partial charge in [0, 0.05) is 18.3 Å². The molecule has 1 N–H and O–H groups in total. The van der Waals surface area contributed by atoms with Crippen molar-refractivity contribution in [1.29, 1.82) is 0 Å². The highest BCUT2D eigenvalue weighted by molar-refractivity contribution is 7.13. The van der Waals surface area contributed by atoms with Gasteiger partial charge in [-0.05, 0) is 41.3 Å². The molecule has 6 heteroatoms. The molecule has 0 aliphatic heterocycles. The predicted octanol–water partition coefficient (Wildman–Crippen LogP) is 5.05. The van der Waals surface area contributed by atoms with E-state index in [0.29, 0.717) is 22.2 Å². The average molecular weight is 363 g/mol. The van der Waals surface area contributed by atoms with Crippen LogP contribution in [0.25, 0.3) is 10.6 Å². The van der Waals surface area contributed by atoms with Crippen molar-refractivity contribution in [2.75, 3.05) is 0 Å². The summed E-state index contributed by atoms with van der Waals surface area (Å²) in [6.45, 7) is 0.389. The third kappa shape index (κ3) is 3.72. The first kappa shape index (κ1) is 16.0. The van der Waals surface area contributed by atoms with Crippen molar-refractivity contribution in [3.05, 3.63) is 75.2 Å². The van der Waals surface area contributed by atoms with Crippen LogP contribution < -0.4 is 5.32 Å². The maximum absolute atomic E-state index is 12.2. The van der Waals surface area contributed by atoms with Gasteiger partial charge in [0.05, 0.1) is 20.6 Å². The molecule has 0 aliphatic carbocycles. The maximum Gasteiger partial charge on any atom is 0.251 e. The topological polar surface area (TPSA) is 42.0 Å². The number of nitrogens with zero attached hydrogens (tertiary/aromatic N) is 1. The first-order valence-corrected chi connectivity index (χ1v) is 8.50.